The molecule has 1 fully saturated rings. The molecule has 0 aliphatic heterocycles. The van der Waals surface area contributed by atoms with Gasteiger partial charge in [-0.05, 0) is 12.8 Å². The van der Waals surface area contributed by atoms with Crippen LogP contribution in [-0.2, 0) is 14.8 Å². The molecular formula is C10H17NO4S. The van der Waals surface area contributed by atoms with Crippen LogP contribution in [0.25, 0.3) is 0 Å². The normalized spacial score (nSPS) is 26.2. The second-order valence-corrected chi connectivity index (χ2v) is 5.82. The Kier molecular flexibility index (Phi) is 4.49. The molecule has 1 saturated carbocycles. The average Bonchev–Trinajstić information content (AvgIpc) is 2.17. The zero-order chi connectivity index (χ0) is 12.2. The fraction of sp³-hybridized carbons (Fsp3) is 0.700. The van der Waals surface area contributed by atoms with Crippen LogP contribution in [0, 0.1) is 5.92 Å². The number of hydrogen-bond donors (Lipinski definition) is 2. The van der Waals surface area contributed by atoms with Crippen LogP contribution in [-0.4, -0.2) is 31.3 Å². The first-order valence-electron chi connectivity index (χ1n) is 5.30. The molecule has 0 amide bonds. The van der Waals surface area contributed by atoms with E-state index >= 15 is 0 Å². The molecule has 2 unspecified atom stereocenters. The minimum Gasteiger partial charge on any atom is -0.481 e. The van der Waals surface area contributed by atoms with E-state index in [2.05, 4.69) is 11.3 Å². The van der Waals surface area contributed by atoms with Gasteiger partial charge in [0.25, 0.3) is 0 Å². The van der Waals surface area contributed by atoms with Gasteiger partial charge in [-0.1, -0.05) is 18.9 Å². The molecule has 0 radical (unpaired) electrons. The third kappa shape index (κ3) is 3.61. The smallest absolute Gasteiger partial charge is 0.308 e. The molecule has 0 aromatic rings. The first-order valence-corrected chi connectivity index (χ1v) is 6.95. The summed E-state index contributed by atoms with van der Waals surface area (Å²) in [5.74, 6) is -1.70. The van der Waals surface area contributed by atoms with Crippen molar-refractivity contribution in [2.24, 2.45) is 5.92 Å². The van der Waals surface area contributed by atoms with Crippen LogP contribution < -0.4 is 4.72 Å². The standard InChI is InChI=1S/C10H17NO4S/c1-2-7-16(14,15)11-9-6-4-3-5-8(9)10(12)13/h2,8-9,11H,1,3-7H2,(H,12,13). The van der Waals surface area contributed by atoms with Gasteiger partial charge >= 0.3 is 5.97 Å². The first-order chi connectivity index (χ1) is 7.46. The molecule has 0 aromatic heterocycles. The Balaban J connectivity index is 2.70. The highest BCUT2D eigenvalue weighted by atomic mass is 32.2. The summed E-state index contributed by atoms with van der Waals surface area (Å²) >= 11 is 0. The molecule has 5 nitrogen and oxygen atoms in total. The van der Waals surface area contributed by atoms with Gasteiger partial charge in [0.05, 0.1) is 11.7 Å². The van der Waals surface area contributed by atoms with Gasteiger partial charge in [-0.2, -0.15) is 0 Å². The van der Waals surface area contributed by atoms with E-state index < -0.39 is 28.0 Å². The van der Waals surface area contributed by atoms with Crippen molar-refractivity contribution in [2.75, 3.05) is 5.75 Å². The second-order valence-electron chi connectivity index (χ2n) is 4.02. The van der Waals surface area contributed by atoms with Gasteiger partial charge < -0.3 is 5.11 Å². The number of carbonyl (C=O) groups is 1. The molecule has 2 atom stereocenters. The van der Waals surface area contributed by atoms with Crippen molar-refractivity contribution < 1.29 is 18.3 Å². The Morgan fingerprint density at radius 1 is 1.44 bits per heavy atom. The minimum atomic E-state index is -3.43. The van der Waals surface area contributed by atoms with Crippen LogP contribution in [0.15, 0.2) is 12.7 Å². The number of carboxylic acids is 1. The van der Waals surface area contributed by atoms with Crippen LogP contribution >= 0.6 is 0 Å². The third-order valence-corrected chi connectivity index (χ3v) is 4.09. The maximum atomic E-state index is 11.5. The van der Waals surface area contributed by atoms with E-state index in [1.165, 1.54) is 6.08 Å². The Morgan fingerprint density at radius 3 is 2.62 bits per heavy atom. The molecule has 1 rings (SSSR count). The molecule has 0 bridgehead atoms. The van der Waals surface area contributed by atoms with Gasteiger partial charge in [0, 0.05) is 6.04 Å². The van der Waals surface area contributed by atoms with Gasteiger partial charge in [0.2, 0.25) is 10.0 Å². The van der Waals surface area contributed by atoms with E-state index in [-0.39, 0.29) is 5.75 Å². The van der Waals surface area contributed by atoms with Gasteiger partial charge in [0.15, 0.2) is 0 Å². The van der Waals surface area contributed by atoms with Gasteiger partial charge in [-0.15, -0.1) is 6.58 Å². The predicted octanol–water partition coefficient (Wildman–Crippen LogP) is 0.735. The van der Waals surface area contributed by atoms with Crippen molar-refractivity contribution in [1.29, 1.82) is 0 Å². The molecular weight excluding hydrogens is 230 g/mol. The quantitative estimate of drug-likeness (QED) is 0.702. The largest absolute Gasteiger partial charge is 0.481 e. The van der Waals surface area contributed by atoms with Crippen molar-refractivity contribution in [3.8, 4) is 0 Å². The fourth-order valence-electron chi connectivity index (χ4n) is 2.00. The van der Waals surface area contributed by atoms with Crippen molar-refractivity contribution >= 4 is 16.0 Å². The third-order valence-electron chi connectivity index (χ3n) is 2.75. The number of carboxylic acid groups (broad SMARTS) is 1. The Hall–Kier alpha value is -0.880. The lowest BCUT2D eigenvalue weighted by molar-refractivity contribution is -0.143. The molecule has 1 aliphatic rings. The van der Waals surface area contributed by atoms with Gasteiger partial charge in [0.1, 0.15) is 0 Å². The summed E-state index contributed by atoms with van der Waals surface area (Å²) in [5.41, 5.74) is 0. The van der Waals surface area contributed by atoms with Crippen LogP contribution in [0.5, 0.6) is 0 Å². The topological polar surface area (TPSA) is 83.5 Å². The molecule has 0 saturated heterocycles. The van der Waals surface area contributed by atoms with E-state index in [0.29, 0.717) is 12.8 Å². The maximum absolute atomic E-state index is 11.5. The lowest BCUT2D eigenvalue weighted by atomic mass is 9.85. The zero-order valence-electron chi connectivity index (χ0n) is 9.05. The lowest BCUT2D eigenvalue weighted by Gasteiger charge is -2.28. The summed E-state index contributed by atoms with van der Waals surface area (Å²) < 4.78 is 25.4. The summed E-state index contributed by atoms with van der Waals surface area (Å²) in [6.07, 6.45) is 4.13. The summed E-state index contributed by atoms with van der Waals surface area (Å²) in [5, 5.41) is 8.98. The number of aliphatic carboxylic acids is 1. The predicted molar refractivity (Wildman–Crippen MR) is 60.5 cm³/mol. The molecule has 0 spiro atoms. The van der Waals surface area contributed by atoms with Gasteiger partial charge in [-0.25, -0.2) is 13.1 Å². The molecule has 2 N–H and O–H groups in total. The summed E-state index contributed by atoms with van der Waals surface area (Å²) in [4.78, 5) is 11.0. The molecule has 6 heteroatoms. The highest BCUT2D eigenvalue weighted by Crippen LogP contribution is 2.25. The van der Waals surface area contributed by atoms with E-state index in [1.807, 2.05) is 0 Å². The SMILES string of the molecule is C=CCS(=O)(=O)NC1CCCCC1C(=O)O. The van der Waals surface area contributed by atoms with E-state index in [1.54, 1.807) is 0 Å². The first kappa shape index (κ1) is 13.2. The van der Waals surface area contributed by atoms with Crippen LogP contribution in [0.4, 0.5) is 0 Å². The molecule has 16 heavy (non-hydrogen) atoms. The van der Waals surface area contributed by atoms with E-state index in [4.69, 9.17) is 5.11 Å². The van der Waals surface area contributed by atoms with Crippen molar-refractivity contribution in [1.82, 2.24) is 4.72 Å². The second kappa shape index (κ2) is 5.45. The number of nitrogens with one attached hydrogen (secondary N) is 1. The number of hydrogen-bond acceptors (Lipinski definition) is 3. The molecule has 0 aromatic carbocycles. The lowest BCUT2D eigenvalue weighted by Crippen LogP contribution is -2.45. The summed E-state index contributed by atoms with van der Waals surface area (Å²) in [6, 6.07) is -0.476. The van der Waals surface area contributed by atoms with E-state index in [9.17, 15) is 13.2 Å². The number of sulfonamides is 1. The van der Waals surface area contributed by atoms with Crippen molar-refractivity contribution in [3.63, 3.8) is 0 Å². The average molecular weight is 247 g/mol. The highest BCUT2D eigenvalue weighted by molar-refractivity contribution is 7.89. The van der Waals surface area contributed by atoms with Crippen LogP contribution in [0.2, 0.25) is 0 Å². The zero-order valence-corrected chi connectivity index (χ0v) is 9.87. The molecule has 92 valence electrons. The van der Waals surface area contributed by atoms with Crippen LogP contribution in [0.1, 0.15) is 25.7 Å². The Bertz CT molecular complexity index is 363. The Morgan fingerprint density at radius 2 is 2.06 bits per heavy atom. The summed E-state index contributed by atoms with van der Waals surface area (Å²) in [6.45, 7) is 3.36. The van der Waals surface area contributed by atoms with Gasteiger partial charge in [-0.3, -0.25) is 4.79 Å². The monoisotopic (exact) mass is 247 g/mol. The van der Waals surface area contributed by atoms with Crippen molar-refractivity contribution in [3.05, 3.63) is 12.7 Å². The minimum absolute atomic E-state index is 0.171. The maximum Gasteiger partial charge on any atom is 0.308 e. The fourth-order valence-corrected chi connectivity index (χ4v) is 3.15. The highest BCUT2D eigenvalue weighted by Gasteiger charge is 2.32. The van der Waals surface area contributed by atoms with E-state index in [0.717, 1.165) is 12.8 Å². The van der Waals surface area contributed by atoms with Crippen LogP contribution in [0.3, 0.4) is 0 Å². The Labute approximate surface area is 95.6 Å². The summed E-state index contributed by atoms with van der Waals surface area (Å²) in [7, 11) is -3.43. The number of rotatable bonds is 5. The molecule has 0 heterocycles. The molecule has 1 aliphatic carbocycles. The van der Waals surface area contributed by atoms with Crippen molar-refractivity contribution in [2.45, 2.75) is 31.7 Å².